The molecule has 2 aromatic carbocycles. The molecule has 34 heavy (non-hydrogen) atoms. The van der Waals surface area contributed by atoms with E-state index in [9.17, 15) is 18.4 Å². The molecule has 1 N–H and O–H groups in total. The van der Waals surface area contributed by atoms with Gasteiger partial charge >= 0.3 is 0 Å². The van der Waals surface area contributed by atoms with Crippen molar-refractivity contribution in [1.82, 2.24) is 10.2 Å². The minimum Gasteiger partial charge on any atom is -0.369 e. The van der Waals surface area contributed by atoms with Gasteiger partial charge in [0.15, 0.2) is 0 Å². The van der Waals surface area contributed by atoms with E-state index in [1.165, 1.54) is 6.07 Å². The Kier molecular flexibility index (Phi) is 5.85. The van der Waals surface area contributed by atoms with Crippen molar-refractivity contribution in [2.45, 2.75) is 49.9 Å². The van der Waals surface area contributed by atoms with Crippen LogP contribution in [-0.4, -0.2) is 60.3 Å². The van der Waals surface area contributed by atoms with Crippen LogP contribution >= 0.6 is 0 Å². The van der Waals surface area contributed by atoms with E-state index < -0.39 is 35.1 Å². The van der Waals surface area contributed by atoms with Crippen LogP contribution in [0.5, 0.6) is 0 Å². The SMILES string of the molecule is C[C@@H]1C[C@@]2(COCC(=O)N2)[C@H](Cc2cccc(-c3cc(F)cc(F)c3)c2F)N1C(=O)[C@H]1CCO1. The molecule has 3 saturated heterocycles. The quantitative estimate of drug-likeness (QED) is 0.740. The number of amides is 2. The first-order valence-electron chi connectivity index (χ1n) is 11.3. The fourth-order valence-corrected chi connectivity index (χ4v) is 5.44. The molecule has 2 amide bonds. The number of carbonyl (C=O) groups is 2. The normalized spacial score (nSPS) is 28.6. The predicted molar refractivity (Wildman–Crippen MR) is 116 cm³/mol. The fourth-order valence-electron chi connectivity index (χ4n) is 5.44. The lowest BCUT2D eigenvalue weighted by atomic mass is 9.84. The summed E-state index contributed by atoms with van der Waals surface area (Å²) in [4.78, 5) is 27.2. The van der Waals surface area contributed by atoms with E-state index in [1.807, 2.05) is 6.92 Å². The highest BCUT2D eigenvalue weighted by Crippen LogP contribution is 2.39. The Labute approximate surface area is 195 Å². The third-order valence-corrected chi connectivity index (χ3v) is 6.98. The molecule has 9 heteroatoms. The molecule has 2 aromatic rings. The van der Waals surface area contributed by atoms with Gasteiger partial charge in [0.25, 0.3) is 5.91 Å². The van der Waals surface area contributed by atoms with E-state index >= 15 is 4.39 Å². The van der Waals surface area contributed by atoms with Crippen LogP contribution in [0.25, 0.3) is 11.1 Å². The van der Waals surface area contributed by atoms with Gasteiger partial charge in [-0.1, -0.05) is 18.2 Å². The van der Waals surface area contributed by atoms with E-state index in [2.05, 4.69) is 5.32 Å². The number of morpholine rings is 1. The third kappa shape index (κ3) is 3.96. The molecule has 3 fully saturated rings. The van der Waals surface area contributed by atoms with Crippen LogP contribution in [0.3, 0.4) is 0 Å². The lowest BCUT2D eigenvalue weighted by molar-refractivity contribution is -0.160. The average Bonchev–Trinajstić information content (AvgIpc) is 2.97. The van der Waals surface area contributed by atoms with E-state index in [1.54, 1.807) is 17.0 Å². The molecule has 0 radical (unpaired) electrons. The number of rotatable bonds is 4. The second-order valence-corrected chi connectivity index (χ2v) is 9.30. The number of likely N-dealkylation sites (tertiary alicyclic amines) is 1. The van der Waals surface area contributed by atoms with E-state index in [0.717, 1.165) is 18.2 Å². The molecule has 1 spiro atoms. The first kappa shape index (κ1) is 22.9. The molecule has 0 saturated carbocycles. The largest absolute Gasteiger partial charge is 0.369 e. The van der Waals surface area contributed by atoms with Gasteiger partial charge in [-0.05, 0) is 43.0 Å². The molecule has 3 heterocycles. The minimum absolute atomic E-state index is 0.0557. The average molecular weight is 474 g/mol. The van der Waals surface area contributed by atoms with Gasteiger partial charge in [-0.15, -0.1) is 0 Å². The molecule has 0 unspecified atom stereocenters. The van der Waals surface area contributed by atoms with Crippen molar-refractivity contribution >= 4 is 11.8 Å². The number of nitrogens with zero attached hydrogens (tertiary/aromatic N) is 1. The predicted octanol–water partition coefficient (Wildman–Crippen LogP) is 2.98. The second-order valence-electron chi connectivity index (χ2n) is 9.30. The zero-order chi connectivity index (χ0) is 24.0. The van der Waals surface area contributed by atoms with Crippen molar-refractivity contribution in [1.29, 1.82) is 0 Å². The van der Waals surface area contributed by atoms with Crippen LogP contribution in [0.15, 0.2) is 36.4 Å². The Balaban J connectivity index is 1.53. The summed E-state index contributed by atoms with van der Waals surface area (Å²) in [6.07, 6.45) is 0.605. The second kappa shape index (κ2) is 8.70. The van der Waals surface area contributed by atoms with Gasteiger partial charge in [0.2, 0.25) is 5.91 Å². The van der Waals surface area contributed by atoms with Crippen molar-refractivity contribution in [3.63, 3.8) is 0 Å². The van der Waals surface area contributed by atoms with Gasteiger partial charge in [0, 0.05) is 24.1 Å². The van der Waals surface area contributed by atoms with Crippen molar-refractivity contribution in [3.05, 3.63) is 59.4 Å². The zero-order valence-corrected chi connectivity index (χ0v) is 18.7. The summed E-state index contributed by atoms with van der Waals surface area (Å²) in [6.45, 7) is 2.52. The van der Waals surface area contributed by atoms with E-state index in [0.29, 0.717) is 19.4 Å². The van der Waals surface area contributed by atoms with Gasteiger partial charge in [0.05, 0.1) is 24.8 Å². The highest BCUT2D eigenvalue weighted by atomic mass is 19.1. The van der Waals surface area contributed by atoms with Crippen LogP contribution in [0.4, 0.5) is 13.2 Å². The number of hydrogen-bond acceptors (Lipinski definition) is 4. The van der Waals surface area contributed by atoms with Crippen molar-refractivity contribution in [2.24, 2.45) is 0 Å². The van der Waals surface area contributed by atoms with E-state index in [-0.39, 0.29) is 54.2 Å². The van der Waals surface area contributed by atoms with Crippen LogP contribution in [-0.2, 0) is 25.5 Å². The lowest BCUT2D eigenvalue weighted by Gasteiger charge is -2.42. The molecule has 0 bridgehead atoms. The Bertz CT molecular complexity index is 1120. The highest BCUT2D eigenvalue weighted by molar-refractivity contribution is 5.84. The Morgan fingerprint density at radius 3 is 2.59 bits per heavy atom. The molecule has 180 valence electrons. The summed E-state index contributed by atoms with van der Waals surface area (Å²) in [7, 11) is 0. The van der Waals surface area contributed by atoms with Crippen LogP contribution in [0.1, 0.15) is 25.3 Å². The van der Waals surface area contributed by atoms with Crippen molar-refractivity contribution in [3.8, 4) is 11.1 Å². The van der Waals surface area contributed by atoms with Gasteiger partial charge in [-0.25, -0.2) is 13.2 Å². The Hall–Kier alpha value is -2.91. The third-order valence-electron chi connectivity index (χ3n) is 6.98. The Morgan fingerprint density at radius 1 is 1.21 bits per heavy atom. The van der Waals surface area contributed by atoms with Gasteiger partial charge in [-0.3, -0.25) is 9.59 Å². The summed E-state index contributed by atoms with van der Waals surface area (Å²) in [6, 6.07) is 6.71. The summed E-state index contributed by atoms with van der Waals surface area (Å²) < 4.78 is 54.2. The molecular formula is C25H25F3N2O4. The summed E-state index contributed by atoms with van der Waals surface area (Å²) >= 11 is 0. The Morgan fingerprint density at radius 2 is 1.94 bits per heavy atom. The standard InChI is InChI=1S/C25H25F3N2O4/c1-14-11-25(13-33-12-22(31)29-25)21(30(14)24(32)20-5-6-34-20)9-15-3-2-4-19(23(15)28)16-7-17(26)10-18(27)8-16/h2-4,7-8,10,14,20-21H,5-6,9,11-13H2,1H3,(H,29,31)/t14-,20-,21+,25-/m1/s1. The summed E-state index contributed by atoms with van der Waals surface area (Å²) in [5.74, 6) is -2.71. The zero-order valence-electron chi connectivity index (χ0n) is 18.7. The van der Waals surface area contributed by atoms with Crippen molar-refractivity contribution in [2.75, 3.05) is 19.8 Å². The number of nitrogens with one attached hydrogen (secondary N) is 1. The number of hydrogen-bond donors (Lipinski definition) is 1. The van der Waals surface area contributed by atoms with Gasteiger partial charge < -0.3 is 19.7 Å². The molecule has 6 nitrogen and oxygen atoms in total. The first-order chi connectivity index (χ1) is 16.3. The molecule has 3 aliphatic heterocycles. The van der Waals surface area contributed by atoms with Crippen LogP contribution < -0.4 is 5.32 Å². The van der Waals surface area contributed by atoms with Crippen LogP contribution in [0.2, 0.25) is 0 Å². The van der Waals surface area contributed by atoms with Gasteiger partial charge in [-0.2, -0.15) is 0 Å². The number of carbonyl (C=O) groups excluding carboxylic acids is 2. The molecule has 3 aliphatic rings. The fraction of sp³-hybridized carbons (Fsp3) is 0.440. The first-order valence-corrected chi connectivity index (χ1v) is 11.3. The maximum atomic E-state index is 15.7. The summed E-state index contributed by atoms with van der Waals surface area (Å²) in [5, 5.41) is 3.01. The number of benzene rings is 2. The maximum Gasteiger partial charge on any atom is 0.252 e. The molecule has 0 aromatic heterocycles. The van der Waals surface area contributed by atoms with Gasteiger partial charge in [0.1, 0.15) is 30.2 Å². The highest BCUT2D eigenvalue weighted by Gasteiger charge is 2.56. The minimum atomic E-state index is -0.873. The smallest absolute Gasteiger partial charge is 0.252 e. The summed E-state index contributed by atoms with van der Waals surface area (Å²) in [5.41, 5.74) is -0.467. The van der Waals surface area contributed by atoms with Crippen molar-refractivity contribution < 1.29 is 32.2 Å². The monoisotopic (exact) mass is 474 g/mol. The topological polar surface area (TPSA) is 67.9 Å². The maximum absolute atomic E-state index is 15.7. The van der Waals surface area contributed by atoms with E-state index in [4.69, 9.17) is 9.47 Å². The number of ether oxygens (including phenoxy) is 2. The molecule has 5 rings (SSSR count). The van der Waals surface area contributed by atoms with Crippen LogP contribution in [0, 0.1) is 17.5 Å². The molecular weight excluding hydrogens is 449 g/mol. The molecule has 0 aliphatic carbocycles. The molecule has 4 atom stereocenters. The lowest BCUT2D eigenvalue weighted by Crippen LogP contribution is -2.65. The number of halogens is 3.